The lowest BCUT2D eigenvalue weighted by molar-refractivity contribution is 0.182. The molecule has 0 aliphatic carbocycles. The fourth-order valence-electron chi connectivity index (χ4n) is 2.00. The van der Waals surface area contributed by atoms with E-state index in [1.165, 1.54) is 18.2 Å². The standard InChI is InChI=1S/C12H10BrClFN3O2/c13-11-16-12(18(17-11)9-1-2-19-6-9)20-10-4-7(14)3-8(15)5-10/h3-5,9H,1-2,6H2. The highest BCUT2D eigenvalue weighted by Gasteiger charge is 2.24. The molecular weight excluding hydrogens is 353 g/mol. The zero-order valence-corrected chi connectivity index (χ0v) is 12.6. The van der Waals surface area contributed by atoms with Crippen LogP contribution in [0.15, 0.2) is 22.9 Å². The van der Waals surface area contributed by atoms with Gasteiger partial charge in [-0.15, -0.1) is 5.10 Å². The van der Waals surface area contributed by atoms with Crippen LogP contribution in [0.5, 0.6) is 11.8 Å². The van der Waals surface area contributed by atoms with Crippen LogP contribution < -0.4 is 4.74 Å². The summed E-state index contributed by atoms with van der Waals surface area (Å²) in [6, 6.07) is 4.30. The number of hydrogen-bond acceptors (Lipinski definition) is 4. The molecule has 0 bridgehead atoms. The lowest BCUT2D eigenvalue weighted by atomic mass is 10.3. The van der Waals surface area contributed by atoms with E-state index in [2.05, 4.69) is 26.0 Å². The number of ether oxygens (including phenoxy) is 2. The number of rotatable bonds is 3. The molecular formula is C12H10BrClFN3O2. The maximum atomic E-state index is 13.3. The minimum atomic E-state index is -0.471. The number of halogens is 3. The zero-order valence-electron chi connectivity index (χ0n) is 10.2. The number of nitrogens with zero attached hydrogens (tertiary/aromatic N) is 3. The van der Waals surface area contributed by atoms with Crippen LogP contribution in [-0.4, -0.2) is 28.0 Å². The van der Waals surface area contributed by atoms with E-state index in [1.807, 2.05) is 0 Å². The summed E-state index contributed by atoms with van der Waals surface area (Å²) in [6.07, 6.45) is 0.829. The van der Waals surface area contributed by atoms with Gasteiger partial charge in [-0.05, 0) is 34.5 Å². The SMILES string of the molecule is Fc1cc(Cl)cc(Oc2nc(Br)nn2C2CCOC2)c1. The molecule has 5 nitrogen and oxygen atoms in total. The van der Waals surface area contributed by atoms with Crippen LogP contribution in [0.4, 0.5) is 4.39 Å². The molecule has 1 aliphatic heterocycles. The second-order valence-corrected chi connectivity index (χ2v) is 5.48. The molecule has 8 heteroatoms. The molecule has 0 saturated carbocycles. The monoisotopic (exact) mass is 361 g/mol. The molecule has 3 rings (SSSR count). The minimum Gasteiger partial charge on any atom is -0.424 e. The number of benzene rings is 1. The van der Waals surface area contributed by atoms with Crippen molar-refractivity contribution in [1.82, 2.24) is 14.8 Å². The van der Waals surface area contributed by atoms with Gasteiger partial charge >= 0.3 is 6.01 Å². The maximum absolute atomic E-state index is 13.3. The Hall–Kier alpha value is -1.18. The summed E-state index contributed by atoms with van der Waals surface area (Å²) in [6.45, 7) is 1.23. The summed E-state index contributed by atoms with van der Waals surface area (Å²) in [5.41, 5.74) is 0. The second-order valence-electron chi connectivity index (χ2n) is 4.33. The molecule has 1 atom stereocenters. The molecule has 1 aromatic heterocycles. The van der Waals surface area contributed by atoms with Crippen molar-refractivity contribution in [3.63, 3.8) is 0 Å². The van der Waals surface area contributed by atoms with E-state index in [9.17, 15) is 4.39 Å². The van der Waals surface area contributed by atoms with Crippen molar-refractivity contribution in [3.05, 3.63) is 33.8 Å². The second kappa shape index (κ2) is 5.67. The molecule has 0 radical (unpaired) electrons. The molecule has 1 aliphatic rings. The maximum Gasteiger partial charge on any atom is 0.321 e. The summed E-state index contributed by atoms with van der Waals surface area (Å²) >= 11 is 9.00. The summed E-state index contributed by atoms with van der Waals surface area (Å²) in [7, 11) is 0. The molecule has 0 amide bonds. The lowest BCUT2D eigenvalue weighted by Gasteiger charge is -2.11. The van der Waals surface area contributed by atoms with Gasteiger partial charge in [0.05, 0.1) is 12.6 Å². The molecule has 2 heterocycles. The van der Waals surface area contributed by atoms with Crippen LogP contribution in [0.25, 0.3) is 0 Å². The lowest BCUT2D eigenvalue weighted by Crippen LogP contribution is -2.11. The van der Waals surface area contributed by atoms with Crippen molar-refractivity contribution in [2.24, 2.45) is 0 Å². The van der Waals surface area contributed by atoms with Gasteiger partial charge in [0.25, 0.3) is 0 Å². The molecule has 2 aromatic rings. The van der Waals surface area contributed by atoms with E-state index < -0.39 is 5.82 Å². The van der Waals surface area contributed by atoms with Crippen LogP contribution in [-0.2, 0) is 4.74 Å². The highest BCUT2D eigenvalue weighted by molar-refractivity contribution is 9.10. The predicted octanol–water partition coefficient (Wildman–Crippen LogP) is 3.59. The van der Waals surface area contributed by atoms with Gasteiger partial charge in [0.15, 0.2) is 0 Å². The highest BCUT2D eigenvalue weighted by Crippen LogP contribution is 2.29. The van der Waals surface area contributed by atoms with E-state index in [0.717, 1.165) is 6.42 Å². The topological polar surface area (TPSA) is 49.2 Å². The van der Waals surface area contributed by atoms with Crippen LogP contribution in [0, 0.1) is 5.82 Å². The first-order valence-electron chi connectivity index (χ1n) is 5.95. The summed E-state index contributed by atoms with van der Waals surface area (Å²) in [5, 5.41) is 4.48. The van der Waals surface area contributed by atoms with E-state index in [0.29, 0.717) is 17.9 Å². The fourth-order valence-corrected chi connectivity index (χ4v) is 2.53. The molecule has 1 unspecified atom stereocenters. The van der Waals surface area contributed by atoms with E-state index >= 15 is 0 Å². The zero-order chi connectivity index (χ0) is 14.1. The Balaban J connectivity index is 1.89. The Morgan fingerprint density at radius 1 is 1.45 bits per heavy atom. The quantitative estimate of drug-likeness (QED) is 0.837. The molecule has 1 saturated heterocycles. The van der Waals surface area contributed by atoms with Crippen molar-refractivity contribution in [3.8, 4) is 11.8 Å². The van der Waals surface area contributed by atoms with E-state index in [1.54, 1.807) is 4.68 Å². The van der Waals surface area contributed by atoms with Crippen molar-refractivity contribution in [2.75, 3.05) is 13.2 Å². The Morgan fingerprint density at radius 2 is 2.30 bits per heavy atom. The predicted molar refractivity (Wildman–Crippen MR) is 73.7 cm³/mol. The van der Waals surface area contributed by atoms with Crippen molar-refractivity contribution >= 4 is 27.5 Å². The Bertz CT molecular complexity index is 611. The summed E-state index contributed by atoms with van der Waals surface area (Å²) in [5.74, 6) is -0.197. The molecule has 1 aromatic carbocycles. The fraction of sp³-hybridized carbons (Fsp3) is 0.333. The third kappa shape index (κ3) is 2.94. The van der Waals surface area contributed by atoms with Gasteiger partial charge in [0.2, 0.25) is 4.73 Å². The average Bonchev–Trinajstić information content (AvgIpc) is 2.97. The Morgan fingerprint density at radius 3 is 3.00 bits per heavy atom. The molecule has 0 N–H and O–H groups in total. The Labute approximate surface area is 127 Å². The van der Waals surface area contributed by atoms with Crippen molar-refractivity contribution < 1.29 is 13.9 Å². The third-order valence-electron chi connectivity index (χ3n) is 2.87. The first-order valence-corrected chi connectivity index (χ1v) is 7.12. The van der Waals surface area contributed by atoms with Crippen molar-refractivity contribution in [1.29, 1.82) is 0 Å². The van der Waals surface area contributed by atoms with Gasteiger partial charge in [-0.3, -0.25) is 0 Å². The van der Waals surface area contributed by atoms with Crippen LogP contribution in [0.2, 0.25) is 5.02 Å². The summed E-state index contributed by atoms with van der Waals surface area (Å²) < 4.78 is 26.2. The highest BCUT2D eigenvalue weighted by atomic mass is 79.9. The largest absolute Gasteiger partial charge is 0.424 e. The minimum absolute atomic E-state index is 0.0628. The van der Waals surface area contributed by atoms with Gasteiger partial charge in [-0.1, -0.05) is 11.6 Å². The van der Waals surface area contributed by atoms with Crippen LogP contribution >= 0.6 is 27.5 Å². The first kappa shape index (κ1) is 13.8. The van der Waals surface area contributed by atoms with Gasteiger partial charge in [0.1, 0.15) is 11.6 Å². The molecule has 106 valence electrons. The normalized spacial score (nSPS) is 18.4. The van der Waals surface area contributed by atoms with E-state index in [4.69, 9.17) is 21.1 Å². The Kier molecular flexibility index (Phi) is 3.91. The number of hydrogen-bond donors (Lipinski definition) is 0. The molecule has 0 spiro atoms. The third-order valence-corrected chi connectivity index (χ3v) is 3.43. The van der Waals surface area contributed by atoms with Gasteiger partial charge in [0, 0.05) is 17.7 Å². The number of aromatic nitrogens is 3. The summed E-state index contributed by atoms with van der Waals surface area (Å²) in [4.78, 5) is 4.14. The van der Waals surface area contributed by atoms with Gasteiger partial charge in [-0.2, -0.15) is 4.98 Å². The van der Waals surface area contributed by atoms with Crippen LogP contribution in [0.1, 0.15) is 12.5 Å². The molecule has 20 heavy (non-hydrogen) atoms. The average molecular weight is 363 g/mol. The van der Waals surface area contributed by atoms with Crippen LogP contribution in [0.3, 0.4) is 0 Å². The van der Waals surface area contributed by atoms with Crippen molar-refractivity contribution in [2.45, 2.75) is 12.5 Å². The van der Waals surface area contributed by atoms with Gasteiger partial charge in [-0.25, -0.2) is 9.07 Å². The first-order chi connectivity index (χ1) is 9.61. The smallest absolute Gasteiger partial charge is 0.321 e. The molecule has 1 fully saturated rings. The van der Waals surface area contributed by atoms with Gasteiger partial charge < -0.3 is 9.47 Å². The van der Waals surface area contributed by atoms with E-state index in [-0.39, 0.29) is 22.8 Å².